The molecule has 0 aliphatic rings. The third-order valence-electron chi connectivity index (χ3n) is 3.91. The Kier molecular flexibility index (Phi) is 4.68. The Balaban J connectivity index is 2.23. The van der Waals surface area contributed by atoms with Crippen LogP contribution < -0.4 is 0 Å². The minimum Gasteiger partial charge on any atom is -0.387 e. The van der Waals surface area contributed by atoms with Crippen LogP contribution in [-0.4, -0.2) is 31.3 Å². The van der Waals surface area contributed by atoms with Crippen LogP contribution >= 0.6 is 11.6 Å². The van der Waals surface area contributed by atoms with E-state index in [-0.39, 0.29) is 18.7 Å². The van der Waals surface area contributed by atoms with Crippen molar-refractivity contribution in [1.29, 1.82) is 0 Å². The van der Waals surface area contributed by atoms with Gasteiger partial charge in [-0.1, -0.05) is 32.4 Å². The van der Waals surface area contributed by atoms with Crippen molar-refractivity contribution < 1.29 is 9.90 Å². The fourth-order valence-corrected chi connectivity index (χ4v) is 2.27. The van der Waals surface area contributed by atoms with Crippen LogP contribution in [0.1, 0.15) is 37.6 Å². The second-order valence-electron chi connectivity index (χ2n) is 6.48. The van der Waals surface area contributed by atoms with Crippen molar-refractivity contribution in [1.82, 2.24) is 14.8 Å². The highest BCUT2D eigenvalue weighted by molar-refractivity contribution is 6.30. The Morgan fingerprint density at radius 2 is 1.91 bits per heavy atom. The first-order valence-corrected chi connectivity index (χ1v) is 7.43. The standard InChI is InChI=1S/C16H20ClN3O2/c1-15(2,3)16(22,9-20-11-18-10-19-20)8-14(21)12-4-6-13(17)7-5-12/h4-7,10-11,22H,8-9H2,1-3H3. The SMILES string of the molecule is CC(C)(C)C(O)(CC(=O)c1ccc(Cl)cc1)Cn1cncn1. The summed E-state index contributed by atoms with van der Waals surface area (Å²) in [5, 5.41) is 15.7. The van der Waals surface area contributed by atoms with Crippen LogP contribution in [0.4, 0.5) is 0 Å². The molecule has 1 unspecified atom stereocenters. The molecule has 1 N–H and O–H groups in total. The lowest BCUT2D eigenvalue weighted by Gasteiger charge is -2.39. The van der Waals surface area contributed by atoms with Crippen molar-refractivity contribution in [3.05, 3.63) is 47.5 Å². The smallest absolute Gasteiger partial charge is 0.165 e. The van der Waals surface area contributed by atoms with Gasteiger partial charge in [0.1, 0.15) is 12.7 Å². The highest BCUT2D eigenvalue weighted by Crippen LogP contribution is 2.35. The fraction of sp³-hybridized carbons (Fsp3) is 0.438. The maximum atomic E-state index is 12.5. The van der Waals surface area contributed by atoms with Crippen LogP contribution in [0.2, 0.25) is 5.02 Å². The van der Waals surface area contributed by atoms with Crippen molar-refractivity contribution in [3.63, 3.8) is 0 Å². The van der Waals surface area contributed by atoms with E-state index < -0.39 is 11.0 Å². The number of halogens is 1. The van der Waals surface area contributed by atoms with Crippen molar-refractivity contribution in [2.75, 3.05) is 0 Å². The number of rotatable bonds is 5. The molecule has 0 amide bonds. The molecule has 0 saturated heterocycles. The highest BCUT2D eigenvalue weighted by atomic mass is 35.5. The van der Waals surface area contributed by atoms with Crippen molar-refractivity contribution in [2.45, 2.75) is 39.3 Å². The molecule has 0 radical (unpaired) electrons. The number of nitrogens with zero attached hydrogens (tertiary/aromatic N) is 3. The number of hydrogen-bond acceptors (Lipinski definition) is 4. The molecule has 0 bridgehead atoms. The largest absolute Gasteiger partial charge is 0.387 e. The zero-order valence-corrected chi connectivity index (χ0v) is 13.7. The number of hydrogen-bond donors (Lipinski definition) is 1. The van der Waals surface area contributed by atoms with Crippen molar-refractivity contribution >= 4 is 17.4 Å². The average molecular weight is 322 g/mol. The Hall–Kier alpha value is -1.72. The van der Waals surface area contributed by atoms with Gasteiger partial charge < -0.3 is 5.11 Å². The fourth-order valence-electron chi connectivity index (χ4n) is 2.14. The van der Waals surface area contributed by atoms with Crippen LogP contribution in [0.5, 0.6) is 0 Å². The topological polar surface area (TPSA) is 68.0 Å². The van der Waals surface area contributed by atoms with Gasteiger partial charge in [-0.25, -0.2) is 4.98 Å². The number of aromatic nitrogens is 3. The van der Waals surface area contributed by atoms with E-state index in [2.05, 4.69) is 10.1 Å². The molecule has 0 aliphatic heterocycles. The first-order chi connectivity index (χ1) is 10.2. The van der Waals surface area contributed by atoms with E-state index in [1.807, 2.05) is 20.8 Å². The van der Waals surface area contributed by atoms with Crippen LogP contribution in [0.3, 0.4) is 0 Å². The Bertz CT molecular complexity index is 632. The molecule has 1 heterocycles. The molecule has 2 rings (SSSR count). The molecule has 22 heavy (non-hydrogen) atoms. The van der Waals surface area contributed by atoms with Gasteiger partial charge in [-0.15, -0.1) is 0 Å². The third kappa shape index (κ3) is 3.72. The molecule has 1 aromatic heterocycles. The summed E-state index contributed by atoms with van der Waals surface area (Å²) in [6, 6.07) is 6.68. The number of aliphatic hydroxyl groups is 1. The van der Waals surface area contributed by atoms with Gasteiger partial charge in [0, 0.05) is 17.0 Å². The zero-order valence-electron chi connectivity index (χ0n) is 13.0. The van der Waals surface area contributed by atoms with E-state index in [1.54, 1.807) is 28.9 Å². The molecule has 0 aliphatic carbocycles. The molecule has 0 fully saturated rings. The van der Waals surface area contributed by atoms with Gasteiger partial charge in [0.05, 0.1) is 12.1 Å². The molecule has 0 saturated carbocycles. The molecule has 0 spiro atoms. The zero-order chi connectivity index (χ0) is 16.4. The molecule has 1 aromatic carbocycles. The monoisotopic (exact) mass is 321 g/mol. The van der Waals surface area contributed by atoms with Gasteiger partial charge in [0.25, 0.3) is 0 Å². The first-order valence-electron chi connectivity index (χ1n) is 7.05. The number of benzene rings is 1. The van der Waals surface area contributed by atoms with Crippen LogP contribution in [-0.2, 0) is 6.54 Å². The third-order valence-corrected chi connectivity index (χ3v) is 4.16. The minimum atomic E-state index is -1.24. The van der Waals surface area contributed by atoms with E-state index in [1.165, 1.54) is 12.7 Å². The second-order valence-corrected chi connectivity index (χ2v) is 6.92. The molecule has 1 atom stereocenters. The number of Topliss-reactive ketones (excluding diaryl/α,β-unsaturated/α-hetero) is 1. The van der Waals surface area contributed by atoms with E-state index >= 15 is 0 Å². The molecule has 6 heteroatoms. The molecule has 2 aromatic rings. The summed E-state index contributed by atoms with van der Waals surface area (Å²) in [5.74, 6) is -0.130. The van der Waals surface area contributed by atoms with Gasteiger partial charge in [0.2, 0.25) is 0 Å². The summed E-state index contributed by atoms with van der Waals surface area (Å²) in [6.07, 6.45) is 2.94. The number of ketones is 1. The highest BCUT2D eigenvalue weighted by Gasteiger charge is 2.42. The summed E-state index contributed by atoms with van der Waals surface area (Å²) in [4.78, 5) is 16.4. The van der Waals surface area contributed by atoms with Crippen molar-refractivity contribution in [2.24, 2.45) is 5.41 Å². The van der Waals surface area contributed by atoms with Gasteiger partial charge in [-0.3, -0.25) is 9.48 Å². The van der Waals surface area contributed by atoms with Gasteiger partial charge in [-0.2, -0.15) is 5.10 Å². The van der Waals surface area contributed by atoms with E-state index in [9.17, 15) is 9.90 Å². The van der Waals surface area contributed by atoms with Crippen LogP contribution in [0.25, 0.3) is 0 Å². The number of carbonyl (C=O) groups is 1. The lowest BCUT2D eigenvalue weighted by atomic mass is 9.73. The second kappa shape index (κ2) is 6.18. The first kappa shape index (κ1) is 16.6. The van der Waals surface area contributed by atoms with Crippen LogP contribution in [0.15, 0.2) is 36.9 Å². The van der Waals surface area contributed by atoms with E-state index in [0.717, 1.165) is 0 Å². The van der Waals surface area contributed by atoms with E-state index in [0.29, 0.717) is 10.6 Å². The lowest BCUT2D eigenvalue weighted by molar-refractivity contribution is -0.0726. The van der Waals surface area contributed by atoms with Gasteiger partial charge >= 0.3 is 0 Å². The Labute approximate surface area is 134 Å². The Morgan fingerprint density at radius 3 is 2.41 bits per heavy atom. The summed E-state index contributed by atoms with van der Waals surface area (Å²) in [5.41, 5.74) is -1.20. The maximum Gasteiger partial charge on any atom is 0.165 e. The predicted octanol–water partition coefficient (Wildman–Crippen LogP) is 2.98. The lowest BCUT2D eigenvalue weighted by Crippen LogP contribution is -2.48. The predicted molar refractivity (Wildman–Crippen MR) is 84.8 cm³/mol. The molecular weight excluding hydrogens is 302 g/mol. The summed E-state index contributed by atoms with van der Waals surface area (Å²) in [7, 11) is 0. The molecule has 5 nitrogen and oxygen atoms in total. The normalized spacial score (nSPS) is 14.6. The average Bonchev–Trinajstić information content (AvgIpc) is 2.90. The molecular formula is C16H20ClN3O2. The van der Waals surface area contributed by atoms with Gasteiger partial charge in [0.15, 0.2) is 5.78 Å². The Morgan fingerprint density at radius 1 is 1.27 bits per heavy atom. The molecule has 118 valence electrons. The summed E-state index contributed by atoms with van der Waals surface area (Å²) in [6.45, 7) is 5.91. The van der Waals surface area contributed by atoms with Gasteiger partial charge in [-0.05, 0) is 29.7 Å². The maximum absolute atomic E-state index is 12.5. The quantitative estimate of drug-likeness (QED) is 0.860. The minimum absolute atomic E-state index is 0.00199. The van der Waals surface area contributed by atoms with Crippen LogP contribution in [0, 0.1) is 5.41 Å². The van der Waals surface area contributed by atoms with Crippen molar-refractivity contribution in [3.8, 4) is 0 Å². The number of carbonyl (C=O) groups excluding carboxylic acids is 1. The summed E-state index contributed by atoms with van der Waals surface area (Å²) >= 11 is 5.84. The van der Waals surface area contributed by atoms with E-state index in [4.69, 9.17) is 11.6 Å². The summed E-state index contributed by atoms with van der Waals surface area (Å²) < 4.78 is 1.54.